The molecule has 0 aromatic heterocycles. The standard InChI is InChI=1S/C18H20ClNO4/c1-23-14-7-4-6-13(12-14)17-15(19)8-5-9-16(17)24-18(22)20-10-2-3-11-21/h4-9,12,21H,2-3,10-11H2,1H3,(H,20,22). The minimum atomic E-state index is -0.556. The number of amides is 1. The quantitative estimate of drug-likeness (QED) is 0.744. The predicted molar refractivity (Wildman–Crippen MR) is 93.8 cm³/mol. The number of hydrogen-bond donors (Lipinski definition) is 2. The third-order valence-corrected chi connectivity index (χ3v) is 3.71. The van der Waals surface area contributed by atoms with Gasteiger partial charge in [0.2, 0.25) is 0 Å². The lowest BCUT2D eigenvalue weighted by atomic mass is 10.0. The van der Waals surface area contributed by atoms with Crippen LogP contribution in [0.2, 0.25) is 5.02 Å². The zero-order valence-electron chi connectivity index (χ0n) is 13.4. The largest absolute Gasteiger partial charge is 0.497 e. The van der Waals surface area contributed by atoms with Gasteiger partial charge in [-0.2, -0.15) is 0 Å². The summed E-state index contributed by atoms with van der Waals surface area (Å²) in [5.41, 5.74) is 1.42. The molecule has 1 amide bonds. The molecule has 6 heteroatoms. The molecule has 0 aliphatic carbocycles. The maximum atomic E-state index is 11.9. The van der Waals surface area contributed by atoms with Gasteiger partial charge in [0.05, 0.1) is 12.1 Å². The van der Waals surface area contributed by atoms with Crippen LogP contribution < -0.4 is 14.8 Å². The Morgan fingerprint density at radius 3 is 2.75 bits per heavy atom. The molecule has 2 aromatic rings. The lowest BCUT2D eigenvalue weighted by Crippen LogP contribution is -2.28. The highest BCUT2D eigenvalue weighted by Gasteiger charge is 2.14. The highest BCUT2D eigenvalue weighted by Crippen LogP contribution is 2.37. The van der Waals surface area contributed by atoms with E-state index in [4.69, 9.17) is 26.2 Å². The van der Waals surface area contributed by atoms with Crippen LogP contribution in [-0.2, 0) is 0 Å². The highest BCUT2D eigenvalue weighted by molar-refractivity contribution is 6.33. The van der Waals surface area contributed by atoms with E-state index in [1.165, 1.54) is 0 Å². The molecule has 0 spiro atoms. The van der Waals surface area contributed by atoms with Gasteiger partial charge in [-0.15, -0.1) is 0 Å². The van der Waals surface area contributed by atoms with Gasteiger partial charge in [-0.1, -0.05) is 29.8 Å². The Labute approximate surface area is 146 Å². The molecular weight excluding hydrogens is 330 g/mol. The summed E-state index contributed by atoms with van der Waals surface area (Å²) in [6.45, 7) is 0.541. The molecule has 0 saturated heterocycles. The number of aliphatic hydroxyl groups is 1. The molecule has 0 saturated carbocycles. The van der Waals surface area contributed by atoms with Crippen molar-refractivity contribution in [1.29, 1.82) is 0 Å². The summed E-state index contributed by atoms with van der Waals surface area (Å²) in [5, 5.41) is 11.9. The molecule has 0 heterocycles. The molecule has 128 valence electrons. The summed E-state index contributed by atoms with van der Waals surface area (Å²) in [4.78, 5) is 11.9. The highest BCUT2D eigenvalue weighted by atomic mass is 35.5. The Bertz CT molecular complexity index is 690. The molecule has 0 bridgehead atoms. The average Bonchev–Trinajstić information content (AvgIpc) is 2.59. The number of carbonyl (C=O) groups excluding carboxylic acids is 1. The first kappa shape index (κ1) is 18.1. The number of ether oxygens (including phenoxy) is 2. The van der Waals surface area contributed by atoms with E-state index in [1.807, 2.05) is 24.3 Å². The topological polar surface area (TPSA) is 67.8 Å². The fourth-order valence-electron chi connectivity index (χ4n) is 2.21. The molecule has 0 radical (unpaired) electrons. The van der Waals surface area contributed by atoms with Crippen LogP contribution in [0.25, 0.3) is 11.1 Å². The van der Waals surface area contributed by atoms with Gasteiger partial charge in [0.15, 0.2) is 0 Å². The van der Waals surface area contributed by atoms with Crippen LogP contribution in [0, 0.1) is 0 Å². The van der Waals surface area contributed by atoms with Gasteiger partial charge in [0, 0.05) is 18.7 Å². The van der Waals surface area contributed by atoms with Crippen LogP contribution in [0.1, 0.15) is 12.8 Å². The molecule has 2 rings (SSSR count). The van der Waals surface area contributed by atoms with Gasteiger partial charge < -0.3 is 19.9 Å². The molecule has 0 fully saturated rings. The van der Waals surface area contributed by atoms with Gasteiger partial charge in [-0.05, 0) is 42.7 Å². The summed E-state index contributed by atoms with van der Waals surface area (Å²) in [5.74, 6) is 1.06. The van der Waals surface area contributed by atoms with Crippen molar-refractivity contribution >= 4 is 17.7 Å². The van der Waals surface area contributed by atoms with E-state index in [0.29, 0.717) is 41.5 Å². The number of unbranched alkanes of at least 4 members (excludes halogenated alkanes) is 1. The normalized spacial score (nSPS) is 10.3. The summed E-state index contributed by atoms with van der Waals surface area (Å²) >= 11 is 6.31. The van der Waals surface area contributed by atoms with Crippen LogP contribution in [0.4, 0.5) is 4.79 Å². The second-order valence-corrected chi connectivity index (χ2v) is 5.50. The van der Waals surface area contributed by atoms with E-state index < -0.39 is 6.09 Å². The van der Waals surface area contributed by atoms with Crippen molar-refractivity contribution in [2.45, 2.75) is 12.8 Å². The number of aliphatic hydroxyl groups excluding tert-OH is 1. The fraction of sp³-hybridized carbons (Fsp3) is 0.278. The van der Waals surface area contributed by atoms with Crippen molar-refractivity contribution < 1.29 is 19.4 Å². The van der Waals surface area contributed by atoms with Crippen molar-refractivity contribution in [2.24, 2.45) is 0 Å². The molecule has 2 N–H and O–H groups in total. The average molecular weight is 350 g/mol. The molecule has 0 unspecified atom stereocenters. The van der Waals surface area contributed by atoms with Gasteiger partial charge in [0.1, 0.15) is 11.5 Å². The van der Waals surface area contributed by atoms with Gasteiger partial charge in [-0.25, -0.2) is 4.79 Å². The predicted octanol–water partition coefficient (Wildman–Crippen LogP) is 3.88. The van der Waals surface area contributed by atoms with Crippen molar-refractivity contribution in [3.8, 4) is 22.6 Å². The Balaban J connectivity index is 2.19. The Hall–Kier alpha value is -2.24. The summed E-state index contributed by atoms with van der Waals surface area (Å²) < 4.78 is 10.6. The zero-order valence-corrected chi connectivity index (χ0v) is 14.2. The molecular formula is C18H20ClNO4. The second-order valence-electron chi connectivity index (χ2n) is 5.09. The number of halogens is 1. The van der Waals surface area contributed by atoms with Gasteiger partial charge in [-0.3, -0.25) is 0 Å². The molecule has 0 aliphatic heterocycles. The minimum Gasteiger partial charge on any atom is -0.497 e. The van der Waals surface area contributed by atoms with Crippen molar-refractivity contribution in [3.63, 3.8) is 0 Å². The van der Waals surface area contributed by atoms with Gasteiger partial charge >= 0.3 is 6.09 Å². The number of benzene rings is 2. The number of carbonyl (C=O) groups is 1. The SMILES string of the molecule is COc1cccc(-c2c(Cl)cccc2OC(=O)NCCCCO)c1. The van der Waals surface area contributed by atoms with E-state index in [2.05, 4.69) is 5.32 Å². The lowest BCUT2D eigenvalue weighted by molar-refractivity contribution is 0.200. The Morgan fingerprint density at radius 2 is 2.00 bits per heavy atom. The summed E-state index contributed by atoms with van der Waals surface area (Å²) in [7, 11) is 1.59. The third-order valence-electron chi connectivity index (χ3n) is 3.39. The van der Waals surface area contributed by atoms with Crippen LogP contribution in [0.15, 0.2) is 42.5 Å². The van der Waals surface area contributed by atoms with Crippen molar-refractivity contribution in [3.05, 3.63) is 47.5 Å². The monoisotopic (exact) mass is 349 g/mol. The first-order valence-electron chi connectivity index (χ1n) is 7.65. The van der Waals surface area contributed by atoms with Crippen LogP contribution in [-0.4, -0.2) is 31.5 Å². The first-order chi connectivity index (χ1) is 11.7. The van der Waals surface area contributed by atoms with Crippen LogP contribution in [0.3, 0.4) is 0 Å². The molecule has 0 aliphatic rings. The summed E-state index contributed by atoms with van der Waals surface area (Å²) in [6.07, 6.45) is 0.760. The van der Waals surface area contributed by atoms with E-state index in [-0.39, 0.29) is 6.61 Å². The lowest BCUT2D eigenvalue weighted by Gasteiger charge is -2.13. The minimum absolute atomic E-state index is 0.102. The summed E-state index contributed by atoms with van der Waals surface area (Å²) in [6, 6.07) is 12.5. The fourth-order valence-corrected chi connectivity index (χ4v) is 2.49. The van der Waals surface area contributed by atoms with Crippen LogP contribution in [0.5, 0.6) is 11.5 Å². The maximum absolute atomic E-state index is 11.9. The first-order valence-corrected chi connectivity index (χ1v) is 8.03. The van der Waals surface area contributed by atoms with Crippen molar-refractivity contribution in [2.75, 3.05) is 20.3 Å². The molecule has 2 aromatic carbocycles. The van der Waals surface area contributed by atoms with E-state index in [1.54, 1.807) is 25.3 Å². The Morgan fingerprint density at radius 1 is 1.21 bits per heavy atom. The second kappa shape index (κ2) is 9.15. The van der Waals surface area contributed by atoms with Gasteiger partial charge in [0.25, 0.3) is 0 Å². The Kier molecular flexibility index (Phi) is 6.90. The molecule has 0 atom stereocenters. The molecule has 5 nitrogen and oxygen atoms in total. The number of rotatable bonds is 7. The van der Waals surface area contributed by atoms with E-state index >= 15 is 0 Å². The van der Waals surface area contributed by atoms with E-state index in [9.17, 15) is 4.79 Å². The van der Waals surface area contributed by atoms with Crippen molar-refractivity contribution in [1.82, 2.24) is 5.32 Å². The number of nitrogens with one attached hydrogen (secondary N) is 1. The van der Waals surface area contributed by atoms with E-state index in [0.717, 1.165) is 5.56 Å². The van der Waals surface area contributed by atoms with Crippen LogP contribution >= 0.6 is 11.6 Å². The maximum Gasteiger partial charge on any atom is 0.412 e. The third kappa shape index (κ3) is 4.88. The molecule has 24 heavy (non-hydrogen) atoms. The number of methoxy groups -OCH3 is 1. The zero-order chi connectivity index (χ0) is 17.4. The smallest absolute Gasteiger partial charge is 0.412 e. The number of hydrogen-bond acceptors (Lipinski definition) is 4.